The van der Waals surface area contributed by atoms with E-state index >= 15 is 0 Å². The first-order chi connectivity index (χ1) is 11.9. The summed E-state index contributed by atoms with van der Waals surface area (Å²) in [6.45, 7) is 0.0624. The SMILES string of the molecule is O=C1CCC(=O)N1c1ccc(S(=O)(=O)NCc2ccccc2Cl)cc1. The Morgan fingerprint density at radius 1 is 0.960 bits per heavy atom. The summed E-state index contributed by atoms with van der Waals surface area (Å²) in [6, 6.07) is 12.6. The second-order valence-electron chi connectivity index (χ2n) is 5.53. The minimum absolute atomic E-state index is 0.0439. The maximum atomic E-state index is 12.4. The third-order valence-corrected chi connectivity index (χ3v) is 5.65. The largest absolute Gasteiger partial charge is 0.274 e. The Morgan fingerprint density at radius 2 is 1.56 bits per heavy atom. The highest BCUT2D eigenvalue weighted by Gasteiger charge is 2.30. The third-order valence-electron chi connectivity index (χ3n) is 3.87. The molecule has 25 heavy (non-hydrogen) atoms. The van der Waals surface area contributed by atoms with Crippen molar-refractivity contribution in [3.05, 3.63) is 59.1 Å². The molecular formula is C17H15ClN2O4S. The molecule has 2 aromatic carbocycles. The molecule has 3 rings (SSSR count). The zero-order chi connectivity index (χ0) is 18.0. The maximum absolute atomic E-state index is 12.4. The predicted molar refractivity (Wildman–Crippen MR) is 93.6 cm³/mol. The second kappa shape index (κ2) is 6.95. The van der Waals surface area contributed by atoms with Crippen molar-refractivity contribution in [1.82, 2.24) is 4.72 Å². The van der Waals surface area contributed by atoms with Crippen molar-refractivity contribution in [2.24, 2.45) is 0 Å². The highest BCUT2D eigenvalue weighted by Crippen LogP contribution is 2.24. The molecule has 8 heteroatoms. The van der Waals surface area contributed by atoms with Crippen LogP contribution in [-0.2, 0) is 26.2 Å². The minimum atomic E-state index is -3.74. The van der Waals surface area contributed by atoms with E-state index in [0.29, 0.717) is 16.3 Å². The highest BCUT2D eigenvalue weighted by molar-refractivity contribution is 7.89. The number of anilines is 1. The fourth-order valence-electron chi connectivity index (χ4n) is 2.54. The molecule has 0 aliphatic carbocycles. The van der Waals surface area contributed by atoms with Crippen LogP contribution >= 0.6 is 11.6 Å². The van der Waals surface area contributed by atoms with Crippen molar-refractivity contribution in [2.75, 3.05) is 4.90 Å². The van der Waals surface area contributed by atoms with E-state index in [-0.39, 0.29) is 36.1 Å². The Balaban J connectivity index is 1.76. The van der Waals surface area contributed by atoms with Gasteiger partial charge in [-0.25, -0.2) is 13.1 Å². The molecule has 0 bridgehead atoms. The number of nitrogens with one attached hydrogen (secondary N) is 1. The van der Waals surface area contributed by atoms with Crippen LogP contribution in [0.2, 0.25) is 5.02 Å². The molecule has 0 saturated carbocycles. The molecule has 6 nitrogen and oxygen atoms in total. The molecule has 1 aliphatic rings. The van der Waals surface area contributed by atoms with Crippen LogP contribution in [0.15, 0.2) is 53.4 Å². The molecule has 2 aromatic rings. The highest BCUT2D eigenvalue weighted by atomic mass is 35.5. The zero-order valence-corrected chi connectivity index (χ0v) is 14.7. The Labute approximate surface area is 150 Å². The van der Waals surface area contributed by atoms with Crippen LogP contribution in [0.25, 0.3) is 0 Å². The molecule has 1 N–H and O–H groups in total. The lowest BCUT2D eigenvalue weighted by atomic mass is 10.2. The summed E-state index contributed by atoms with van der Waals surface area (Å²) < 4.78 is 27.2. The number of carbonyl (C=O) groups excluding carboxylic acids is 2. The molecule has 2 amide bonds. The first kappa shape index (κ1) is 17.6. The van der Waals surface area contributed by atoms with E-state index in [1.165, 1.54) is 24.3 Å². The van der Waals surface area contributed by atoms with E-state index in [9.17, 15) is 18.0 Å². The second-order valence-corrected chi connectivity index (χ2v) is 7.71. The van der Waals surface area contributed by atoms with E-state index in [0.717, 1.165) is 4.90 Å². The number of nitrogens with zero attached hydrogens (tertiary/aromatic N) is 1. The van der Waals surface area contributed by atoms with Crippen LogP contribution in [-0.4, -0.2) is 20.2 Å². The van der Waals surface area contributed by atoms with Crippen molar-refractivity contribution in [1.29, 1.82) is 0 Å². The van der Waals surface area contributed by atoms with Gasteiger partial charge in [0.05, 0.1) is 10.6 Å². The van der Waals surface area contributed by atoms with Crippen LogP contribution < -0.4 is 9.62 Å². The fourth-order valence-corrected chi connectivity index (χ4v) is 3.75. The number of benzene rings is 2. The zero-order valence-electron chi connectivity index (χ0n) is 13.1. The van der Waals surface area contributed by atoms with Crippen molar-refractivity contribution in [2.45, 2.75) is 24.3 Å². The van der Waals surface area contributed by atoms with Gasteiger partial charge in [-0.3, -0.25) is 14.5 Å². The topological polar surface area (TPSA) is 83.6 Å². The monoisotopic (exact) mass is 378 g/mol. The summed E-state index contributed by atoms with van der Waals surface area (Å²) in [5, 5.41) is 0.478. The normalized spacial score (nSPS) is 15.0. The molecule has 0 radical (unpaired) electrons. The molecule has 1 heterocycles. The molecule has 0 aromatic heterocycles. The van der Waals surface area contributed by atoms with Gasteiger partial charge in [-0.2, -0.15) is 0 Å². The number of rotatable bonds is 5. The van der Waals surface area contributed by atoms with Gasteiger partial charge in [0, 0.05) is 24.4 Å². The predicted octanol–water partition coefficient (Wildman–Crippen LogP) is 2.47. The van der Waals surface area contributed by atoms with Gasteiger partial charge < -0.3 is 0 Å². The van der Waals surface area contributed by atoms with E-state index in [2.05, 4.69) is 4.72 Å². The molecule has 1 fully saturated rings. The van der Waals surface area contributed by atoms with E-state index < -0.39 is 10.0 Å². The van der Waals surface area contributed by atoms with Crippen LogP contribution in [0.3, 0.4) is 0 Å². The van der Waals surface area contributed by atoms with Gasteiger partial charge in [0.25, 0.3) is 0 Å². The number of carbonyl (C=O) groups is 2. The average Bonchev–Trinajstić information content (AvgIpc) is 2.93. The molecule has 1 saturated heterocycles. The maximum Gasteiger partial charge on any atom is 0.240 e. The van der Waals surface area contributed by atoms with Gasteiger partial charge in [0.2, 0.25) is 21.8 Å². The first-order valence-corrected chi connectivity index (χ1v) is 9.43. The first-order valence-electron chi connectivity index (χ1n) is 7.57. The molecule has 0 spiro atoms. The number of hydrogen-bond donors (Lipinski definition) is 1. The van der Waals surface area contributed by atoms with Gasteiger partial charge in [-0.05, 0) is 35.9 Å². The standard InChI is InChI=1S/C17H15ClN2O4S/c18-15-4-2-1-3-12(15)11-19-25(23,24)14-7-5-13(6-8-14)20-16(21)9-10-17(20)22/h1-8,19H,9-11H2. The summed E-state index contributed by atoms with van der Waals surface area (Å²) in [5.41, 5.74) is 1.04. The van der Waals surface area contributed by atoms with Crippen molar-refractivity contribution < 1.29 is 18.0 Å². The average molecular weight is 379 g/mol. The summed E-state index contributed by atoms with van der Waals surface area (Å²) in [6.07, 6.45) is 0.358. The third kappa shape index (κ3) is 3.73. The molecule has 0 atom stereocenters. The van der Waals surface area contributed by atoms with Crippen LogP contribution in [0, 0.1) is 0 Å². The molecule has 0 unspecified atom stereocenters. The number of halogens is 1. The number of amides is 2. The van der Waals surface area contributed by atoms with Crippen molar-refractivity contribution in [3.63, 3.8) is 0 Å². The van der Waals surface area contributed by atoms with Crippen LogP contribution in [0.1, 0.15) is 18.4 Å². The summed E-state index contributed by atoms with van der Waals surface area (Å²) in [4.78, 5) is 24.6. The smallest absolute Gasteiger partial charge is 0.240 e. The quantitative estimate of drug-likeness (QED) is 0.810. The minimum Gasteiger partial charge on any atom is -0.274 e. The van der Waals surface area contributed by atoms with Crippen LogP contribution in [0.4, 0.5) is 5.69 Å². The van der Waals surface area contributed by atoms with E-state index in [1.807, 2.05) is 0 Å². The Bertz CT molecular complexity index is 910. The number of hydrogen-bond acceptors (Lipinski definition) is 4. The summed E-state index contributed by atoms with van der Waals surface area (Å²) in [7, 11) is -3.74. The van der Waals surface area contributed by atoms with Gasteiger partial charge in [0.1, 0.15) is 0 Å². The van der Waals surface area contributed by atoms with Gasteiger partial charge in [-0.1, -0.05) is 29.8 Å². The van der Waals surface area contributed by atoms with Gasteiger partial charge in [0.15, 0.2) is 0 Å². The lowest BCUT2D eigenvalue weighted by Gasteiger charge is -2.14. The van der Waals surface area contributed by atoms with Crippen molar-refractivity contribution >= 4 is 39.1 Å². The Kier molecular flexibility index (Phi) is 4.89. The number of imide groups is 1. The van der Waals surface area contributed by atoms with Gasteiger partial charge in [-0.15, -0.1) is 0 Å². The lowest BCUT2D eigenvalue weighted by molar-refractivity contribution is -0.121. The Morgan fingerprint density at radius 3 is 2.16 bits per heavy atom. The molecular weight excluding hydrogens is 364 g/mol. The molecule has 130 valence electrons. The molecule has 1 aliphatic heterocycles. The summed E-state index contributed by atoms with van der Waals surface area (Å²) in [5.74, 6) is -0.560. The van der Waals surface area contributed by atoms with Crippen molar-refractivity contribution in [3.8, 4) is 0 Å². The van der Waals surface area contributed by atoms with Gasteiger partial charge >= 0.3 is 0 Å². The van der Waals surface area contributed by atoms with Crippen LogP contribution in [0.5, 0.6) is 0 Å². The lowest BCUT2D eigenvalue weighted by Crippen LogP contribution is -2.28. The fraction of sp³-hybridized carbons (Fsp3) is 0.176. The summed E-state index contributed by atoms with van der Waals surface area (Å²) >= 11 is 6.02. The Hall–Kier alpha value is -2.22. The van der Waals surface area contributed by atoms with E-state index in [1.54, 1.807) is 24.3 Å². The number of sulfonamides is 1. The van der Waals surface area contributed by atoms with E-state index in [4.69, 9.17) is 11.6 Å².